The van der Waals surface area contributed by atoms with E-state index >= 15 is 0 Å². The average molecular weight is 433 g/mol. The van der Waals surface area contributed by atoms with Crippen LogP contribution in [0.15, 0.2) is 4.79 Å². The molecule has 1 N–H and O–H groups in total. The van der Waals surface area contributed by atoms with Crippen LogP contribution in [0.1, 0.15) is 44.0 Å². The summed E-state index contributed by atoms with van der Waals surface area (Å²) in [4.78, 5) is 33.3. The first kappa shape index (κ1) is 20.0. The van der Waals surface area contributed by atoms with Gasteiger partial charge >= 0.3 is 6.03 Å². The number of anilines is 1. The molecule has 3 aliphatic heterocycles. The molecule has 0 saturated carbocycles. The number of fused-ring (bicyclic) bond motifs is 2. The minimum atomic E-state index is -0.502. The number of piperidine rings is 1. The number of hydrogen-bond acceptors (Lipinski definition) is 6. The number of ether oxygens (including phenoxy) is 2. The second-order valence-electron chi connectivity index (χ2n) is 8.68. The molecule has 2 fully saturated rings. The van der Waals surface area contributed by atoms with Crippen LogP contribution in [0.25, 0.3) is 10.2 Å². The molecule has 2 aromatic rings. The zero-order valence-corrected chi connectivity index (χ0v) is 18.3. The predicted molar refractivity (Wildman–Crippen MR) is 115 cm³/mol. The van der Waals surface area contributed by atoms with Gasteiger partial charge in [0.25, 0.3) is 5.56 Å². The molecule has 0 aromatic carbocycles. The van der Waals surface area contributed by atoms with Crippen molar-refractivity contribution in [3.05, 3.63) is 21.7 Å². The fraction of sp³-hybridized carbons (Fsp3) is 0.667. The number of nitrogens with one attached hydrogen (secondary N) is 1. The monoisotopic (exact) mass is 432 g/mol. The molecule has 1 atom stereocenters. The number of urea groups is 1. The van der Waals surface area contributed by atoms with Gasteiger partial charge in [0.2, 0.25) is 0 Å². The van der Waals surface area contributed by atoms with Gasteiger partial charge in [0.1, 0.15) is 15.7 Å². The molecule has 2 saturated heterocycles. The molecule has 2 aromatic heterocycles. The number of rotatable bonds is 1. The maximum absolute atomic E-state index is 13.2. The van der Waals surface area contributed by atoms with Crippen molar-refractivity contribution in [1.82, 2.24) is 14.5 Å². The van der Waals surface area contributed by atoms with E-state index in [-0.39, 0.29) is 11.6 Å². The number of amides is 2. The van der Waals surface area contributed by atoms with Crippen molar-refractivity contribution in [3.8, 4) is 0 Å². The molecule has 3 aliphatic rings. The van der Waals surface area contributed by atoms with E-state index < -0.39 is 5.79 Å². The molecule has 1 unspecified atom stereocenters. The Morgan fingerprint density at radius 2 is 1.93 bits per heavy atom. The van der Waals surface area contributed by atoms with E-state index in [1.54, 1.807) is 4.90 Å². The zero-order chi connectivity index (χ0) is 20.9. The first-order valence-electron chi connectivity index (χ1n) is 10.8. The third-order valence-corrected chi connectivity index (χ3v) is 7.78. The van der Waals surface area contributed by atoms with Crippen molar-refractivity contribution in [2.45, 2.75) is 58.3 Å². The van der Waals surface area contributed by atoms with Crippen LogP contribution in [-0.2, 0) is 22.4 Å². The summed E-state index contributed by atoms with van der Waals surface area (Å²) in [5.41, 5.74) is 0.832. The first-order valence-corrected chi connectivity index (χ1v) is 11.6. The lowest BCUT2D eigenvalue weighted by molar-refractivity contribution is -0.181. The van der Waals surface area contributed by atoms with Crippen molar-refractivity contribution in [2.24, 2.45) is 5.92 Å². The van der Waals surface area contributed by atoms with Crippen molar-refractivity contribution in [2.75, 3.05) is 31.6 Å². The molecule has 30 heavy (non-hydrogen) atoms. The Kier molecular flexibility index (Phi) is 5.07. The molecule has 8 nitrogen and oxygen atoms in total. The predicted octanol–water partition coefficient (Wildman–Crippen LogP) is 3.11. The van der Waals surface area contributed by atoms with Gasteiger partial charge in [-0.05, 0) is 31.2 Å². The van der Waals surface area contributed by atoms with E-state index in [4.69, 9.17) is 14.5 Å². The quantitative estimate of drug-likeness (QED) is 0.748. The van der Waals surface area contributed by atoms with Crippen LogP contribution >= 0.6 is 11.3 Å². The molecule has 5 heterocycles. The Hall–Kier alpha value is -1.97. The second kappa shape index (κ2) is 7.62. The van der Waals surface area contributed by atoms with Crippen molar-refractivity contribution >= 4 is 32.6 Å². The summed E-state index contributed by atoms with van der Waals surface area (Å²) >= 11 is 1.40. The minimum absolute atomic E-state index is 0.0220. The van der Waals surface area contributed by atoms with E-state index in [2.05, 4.69) is 12.2 Å². The maximum Gasteiger partial charge on any atom is 0.322 e. The summed E-state index contributed by atoms with van der Waals surface area (Å²) in [5, 5.41) is 4.37. The number of nitrogens with zero attached hydrogens (tertiary/aromatic N) is 3. The lowest BCUT2D eigenvalue weighted by atomic mass is 10.0. The number of carbonyl (C=O) groups is 1. The lowest BCUT2D eigenvalue weighted by Crippen LogP contribution is -2.48. The Morgan fingerprint density at radius 3 is 2.67 bits per heavy atom. The number of hydrogen-bond donors (Lipinski definition) is 1. The summed E-state index contributed by atoms with van der Waals surface area (Å²) in [6, 6.07) is -0.145. The Labute approximate surface area is 179 Å². The van der Waals surface area contributed by atoms with Crippen molar-refractivity contribution in [1.29, 1.82) is 0 Å². The van der Waals surface area contributed by atoms with Gasteiger partial charge in [-0.25, -0.2) is 9.78 Å². The van der Waals surface area contributed by atoms with Gasteiger partial charge in [0, 0.05) is 38.9 Å². The smallest absolute Gasteiger partial charge is 0.322 e. The molecule has 5 rings (SSSR count). The van der Waals surface area contributed by atoms with E-state index in [9.17, 15) is 9.59 Å². The number of aromatic nitrogens is 2. The van der Waals surface area contributed by atoms with Crippen LogP contribution < -0.4 is 10.9 Å². The third kappa shape index (κ3) is 3.42. The van der Waals surface area contributed by atoms with Crippen LogP contribution in [0.5, 0.6) is 0 Å². The maximum atomic E-state index is 13.2. The summed E-state index contributed by atoms with van der Waals surface area (Å²) < 4.78 is 13.3. The summed E-state index contributed by atoms with van der Waals surface area (Å²) in [6.45, 7) is 7.26. The van der Waals surface area contributed by atoms with Crippen molar-refractivity contribution in [3.63, 3.8) is 0 Å². The highest BCUT2D eigenvalue weighted by Gasteiger charge is 2.40. The van der Waals surface area contributed by atoms with Crippen LogP contribution in [-0.4, -0.2) is 52.6 Å². The standard InChI is InChI=1S/C21H28N4O4S/c1-13-3-4-15-22-18-16(19(26)25(15)8-5-13)14(2)17(30-18)23-20(27)24-9-6-21(7-10-24)28-11-12-29-21/h13H,3-12H2,1-2H3,(H,23,27). The Morgan fingerprint density at radius 1 is 1.20 bits per heavy atom. The van der Waals surface area contributed by atoms with Gasteiger partial charge in [0.15, 0.2) is 5.79 Å². The number of thiophene rings is 1. The average Bonchev–Trinajstić information content (AvgIpc) is 3.24. The van der Waals surface area contributed by atoms with Gasteiger partial charge in [-0.2, -0.15) is 0 Å². The molecule has 162 valence electrons. The molecule has 0 aliphatic carbocycles. The molecule has 1 spiro atoms. The van der Waals surface area contributed by atoms with Gasteiger partial charge in [-0.15, -0.1) is 0 Å². The van der Waals surface area contributed by atoms with Gasteiger partial charge in [-0.1, -0.05) is 18.3 Å². The number of aryl methyl sites for hydroxylation is 2. The highest BCUT2D eigenvalue weighted by molar-refractivity contribution is 7.22. The highest BCUT2D eigenvalue weighted by atomic mass is 32.1. The fourth-order valence-corrected chi connectivity index (χ4v) is 5.76. The highest BCUT2D eigenvalue weighted by Crippen LogP contribution is 2.35. The van der Waals surface area contributed by atoms with Crippen LogP contribution in [0.2, 0.25) is 0 Å². The van der Waals surface area contributed by atoms with Crippen LogP contribution in [0, 0.1) is 12.8 Å². The van der Waals surface area contributed by atoms with E-state index in [0.29, 0.717) is 55.5 Å². The van der Waals surface area contributed by atoms with E-state index in [1.807, 2.05) is 11.5 Å². The Balaban J connectivity index is 1.36. The Bertz CT molecular complexity index is 1030. The minimum Gasteiger partial charge on any atom is -0.347 e. The van der Waals surface area contributed by atoms with E-state index in [0.717, 1.165) is 42.0 Å². The molecule has 0 radical (unpaired) electrons. The molecular weight excluding hydrogens is 404 g/mol. The summed E-state index contributed by atoms with van der Waals surface area (Å²) in [7, 11) is 0. The zero-order valence-electron chi connectivity index (χ0n) is 17.5. The number of likely N-dealkylation sites (tertiary alicyclic amines) is 1. The largest absolute Gasteiger partial charge is 0.347 e. The summed E-state index contributed by atoms with van der Waals surface area (Å²) in [5.74, 6) is 0.968. The van der Waals surface area contributed by atoms with E-state index in [1.165, 1.54) is 11.3 Å². The third-order valence-electron chi connectivity index (χ3n) is 6.68. The molecular formula is C21H28N4O4S. The van der Waals surface area contributed by atoms with Crippen LogP contribution in [0.3, 0.4) is 0 Å². The summed E-state index contributed by atoms with van der Waals surface area (Å²) in [6.07, 6.45) is 4.23. The second-order valence-corrected chi connectivity index (χ2v) is 9.68. The fourth-order valence-electron chi connectivity index (χ4n) is 4.68. The van der Waals surface area contributed by atoms with Gasteiger partial charge in [-0.3, -0.25) is 14.7 Å². The molecule has 0 bridgehead atoms. The van der Waals surface area contributed by atoms with Crippen molar-refractivity contribution < 1.29 is 14.3 Å². The first-order chi connectivity index (χ1) is 14.5. The lowest BCUT2D eigenvalue weighted by Gasteiger charge is -2.37. The van der Waals surface area contributed by atoms with Gasteiger partial charge in [0.05, 0.1) is 18.6 Å². The topological polar surface area (TPSA) is 85.7 Å². The SMILES string of the molecule is Cc1c(NC(=O)N2CCC3(CC2)OCCO3)sc2nc3n(c(=O)c12)CCC(C)CC3. The molecule has 2 amide bonds. The number of carbonyl (C=O) groups excluding carboxylic acids is 1. The normalized spacial score (nSPS) is 23.5. The molecule has 9 heteroatoms. The van der Waals surface area contributed by atoms with Crippen LogP contribution in [0.4, 0.5) is 9.80 Å². The van der Waals surface area contributed by atoms with Gasteiger partial charge < -0.3 is 14.4 Å².